The van der Waals surface area contributed by atoms with Crippen LogP contribution in [0.3, 0.4) is 0 Å². The molecule has 0 saturated carbocycles. The number of hydroxylamine groups is 1. The van der Waals surface area contributed by atoms with E-state index in [-0.39, 0.29) is 6.04 Å². The zero-order valence-electron chi connectivity index (χ0n) is 10.7. The number of benzene rings is 2. The summed E-state index contributed by atoms with van der Waals surface area (Å²) in [6.07, 6.45) is 0.922. The van der Waals surface area contributed by atoms with Crippen molar-refractivity contribution in [1.82, 2.24) is 5.48 Å². The summed E-state index contributed by atoms with van der Waals surface area (Å²) >= 11 is 0. The Balaban J connectivity index is 1.59. The van der Waals surface area contributed by atoms with Crippen molar-refractivity contribution in [3.8, 4) is 5.75 Å². The fourth-order valence-corrected chi connectivity index (χ4v) is 2.26. The van der Waals surface area contributed by atoms with Crippen LogP contribution in [0.25, 0.3) is 0 Å². The molecule has 3 rings (SSSR count). The van der Waals surface area contributed by atoms with Crippen LogP contribution in [0.4, 0.5) is 0 Å². The van der Waals surface area contributed by atoms with Gasteiger partial charge in [0.05, 0.1) is 19.3 Å². The normalized spacial score (nSPS) is 17.6. The molecule has 0 fully saturated rings. The third kappa shape index (κ3) is 2.95. The van der Waals surface area contributed by atoms with Crippen molar-refractivity contribution in [3.05, 3.63) is 65.7 Å². The van der Waals surface area contributed by atoms with Crippen molar-refractivity contribution in [2.24, 2.45) is 0 Å². The first-order chi connectivity index (χ1) is 9.43. The molecule has 2 aromatic rings. The summed E-state index contributed by atoms with van der Waals surface area (Å²) in [5.74, 6) is 0.953. The van der Waals surface area contributed by atoms with Crippen LogP contribution < -0.4 is 10.2 Å². The maximum atomic E-state index is 5.62. The van der Waals surface area contributed by atoms with E-state index in [9.17, 15) is 0 Å². The third-order valence-corrected chi connectivity index (χ3v) is 3.27. The van der Waals surface area contributed by atoms with E-state index in [1.165, 1.54) is 5.56 Å². The molecule has 0 saturated heterocycles. The number of fused-ring (bicyclic) bond motifs is 1. The van der Waals surface area contributed by atoms with Gasteiger partial charge < -0.3 is 4.74 Å². The van der Waals surface area contributed by atoms with E-state index >= 15 is 0 Å². The molecule has 1 aliphatic heterocycles. The van der Waals surface area contributed by atoms with Gasteiger partial charge in [-0.15, -0.1) is 0 Å². The fourth-order valence-electron chi connectivity index (χ4n) is 2.26. The van der Waals surface area contributed by atoms with E-state index in [1.54, 1.807) is 0 Å². The van der Waals surface area contributed by atoms with Gasteiger partial charge in [0, 0.05) is 12.0 Å². The second kappa shape index (κ2) is 5.87. The van der Waals surface area contributed by atoms with Crippen LogP contribution in [0.5, 0.6) is 5.75 Å². The van der Waals surface area contributed by atoms with Gasteiger partial charge in [0.15, 0.2) is 0 Å². The molecule has 1 atom stereocenters. The second-order valence-corrected chi connectivity index (χ2v) is 4.62. The van der Waals surface area contributed by atoms with Gasteiger partial charge in [-0.1, -0.05) is 48.5 Å². The van der Waals surface area contributed by atoms with E-state index < -0.39 is 0 Å². The number of rotatable bonds is 4. The molecule has 0 spiro atoms. The Kier molecular flexibility index (Phi) is 3.77. The highest BCUT2D eigenvalue weighted by atomic mass is 16.6. The number of hydrogen-bond donors (Lipinski definition) is 1. The third-order valence-electron chi connectivity index (χ3n) is 3.27. The molecule has 0 aliphatic carbocycles. The summed E-state index contributed by atoms with van der Waals surface area (Å²) in [4.78, 5) is 5.61. The molecule has 1 heterocycles. The van der Waals surface area contributed by atoms with Crippen LogP contribution in [0.15, 0.2) is 54.6 Å². The molecule has 1 aliphatic rings. The van der Waals surface area contributed by atoms with Gasteiger partial charge in [-0.05, 0) is 11.6 Å². The first-order valence-corrected chi connectivity index (χ1v) is 6.56. The predicted molar refractivity (Wildman–Crippen MR) is 73.7 cm³/mol. The minimum atomic E-state index is 0.202. The standard InChI is InChI=1S/C16H17NO2/c1-2-6-13(7-3-1)12-19-17-15-10-11-18-16-9-5-4-8-14(15)16/h1-9,15,17H,10-12H2. The molecule has 2 aromatic carbocycles. The minimum absolute atomic E-state index is 0.202. The maximum Gasteiger partial charge on any atom is 0.124 e. The second-order valence-electron chi connectivity index (χ2n) is 4.62. The summed E-state index contributed by atoms with van der Waals surface area (Å²) < 4.78 is 5.62. The van der Waals surface area contributed by atoms with Crippen molar-refractivity contribution in [3.63, 3.8) is 0 Å². The smallest absolute Gasteiger partial charge is 0.124 e. The SMILES string of the molecule is c1ccc(CONC2CCOc3ccccc32)cc1. The molecule has 1 unspecified atom stereocenters. The van der Waals surface area contributed by atoms with E-state index in [2.05, 4.69) is 23.7 Å². The Morgan fingerprint density at radius 2 is 1.84 bits per heavy atom. The highest BCUT2D eigenvalue weighted by molar-refractivity contribution is 5.37. The quantitative estimate of drug-likeness (QED) is 0.851. The number of hydrogen-bond acceptors (Lipinski definition) is 3. The minimum Gasteiger partial charge on any atom is -0.493 e. The van der Waals surface area contributed by atoms with Crippen LogP contribution in [-0.4, -0.2) is 6.61 Å². The summed E-state index contributed by atoms with van der Waals surface area (Å²) in [6.45, 7) is 1.30. The number of para-hydroxylation sites is 1. The number of ether oxygens (including phenoxy) is 1. The van der Waals surface area contributed by atoms with Gasteiger partial charge in [-0.3, -0.25) is 4.84 Å². The van der Waals surface area contributed by atoms with Gasteiger partial charge in [0.2, 0.25) is 0 Å². The monoisotopic (exact) mass is 255 g/mol. The van der Waals surface area contributed by atoms with Crippen LogP contribution >= 0.6 is 0 Å². The summed E-state index contributed by atoms with van der Waals surface area (Å²) in [5, 5.41) is 0. The van der Waals surface area contributed by atoms with E-state index in [1.807, 2.05) is 36.4 Å². The largest absolute Gasteiger partial charge is 0.493 e. The first kappa shape index (κ1) is 12.2. The Morgan fingerprint density at radius 3 is 2.74 bits per heavy atom. The van der Waals surface area contributed by atoms with Crippen molar-refractivity contribution >= 4 is 0 Å². The fraction of sp³-hybridized carbons (Fsp3) is 0.250. The van der Waals surface area contributed by atoms with Gasteiger partial charge in [-0.2, -0.15) is 5.48 Å². The molecule has 0 radical (unpaired) electrons. The summed E-state index contributed by atoms with van der Waals surface area (Å²) in [6, 6.07) is 18.5. The Morgan fingerprint density at radius 1 is 1.05 bits per heavy atom. The van der Waals surface area contributed by atoms with Crippen LogP contribution in [-0.2, 0) is 11.4 Å². The van der Waals surface area contributed by atoms with Crippen molar-refractivity contribution in [2.75, 3.05) is 6.61 Å². The summed E-state index contributed by atoms with van der Waals surface area (Å²) in [5.41, 5.74) is 5.48. The predicted octanol–water partition coefficient (Wildman–Crippen LogP) is 3.23. The van der Waals surface area contributed by atoms with Crippen molar-refractivity contribution < 1.29 is 9.57 Å². The molecule has 0 amide bonds. The van der Waals surface area contributed by atoms with Crippen molar-refractivity contribution in [1.29, 1.82) is 0 Å². The lowest BCUT2D eigenvalue weighted by Crippen LogP contribution is -2.27. The zero-order chi connectivity index (χ0) is 12.9. The van der Waals surface area contributed by atoms with E-state index in [0.29, 0.717) is 6.61 Å². The maximum absolute atomic E-state index is 5.62. The van der Waals surface area contributed by atoms with Gasteiger partial charge in [-0.25, -0.2) is 0 Å². The first-order valence-electron chi connectivity index (χ1n) is 6.56. The van der Waals surface area contributed by atoms with E-state index in [4.69, 9.17) is 9.57 Å². The lowest BCUT2D eigenvalue weighted by Gasteiger charge is -2.26. The Labute approximate surface area is 113 Å². The molecule has 0 aromatic heterocycles. The average Bonchev–Trinajstić information content (AvgIpc) is 2.49. The van der Waals surface area contributed by atoms with Gasteiger partial charge >= 0.3 is 0 Å². The van der Waals surface area contributed by atoms with Crippen molar-refractivity contribution in [2.45, 2.75) is 19.1 Å². The molecular weight excluding hydrogens is 238 g/mol. The van der Waals surface area contributed by atoms with Crippen LogP contribution in [0.2, 0.25) is 0 Å². The van der Waals surface area contributed by atoms with Crippen LogP contribution in [0.1, 0.15) is 23.6 Å². The molecule has 98 valence electrons. The Bertz CT molecular complexity index is 527. The summed E-state index contributed by atoms with van der Waals surface area (Å²) in [7, 11) is 0. The highest BCUT2D eigenvalue weighted by Gasteiger charge is 2.20. The topological polar surface area (TPSA) is 30.5 Å². The molecule has 1 N–H and O–H groups in total. The van der Waals surface area contributed by atoms with Crippen LogP contribution in [0, 0.1) is 0 Å². The lowest BCUT2D eigenvalue weighted by molar-refractivity contribution is -0.00598. The average molecular weight is 255 g/mol. The molecular formula is C16H17NO2. The van der Waals surface area contributed by atoms with Gasteiger partial charge in [0.25, 0.3) is 0 Å². The zero-order valence-corrected chi connectivity index (χ0v) is 10.7. The molecule has 3 heteroatoms. The molecule has 19 heavy (non-hydrogen) atoms. The number of nitrogens with one attached hydrogen (secondary N) is 1. The molecule has 3 nitrogen and oxygen atoms in total. The highest BCUT2D eigenvalue weighted by Crippen LogP contribution is 2.31. The van der Waals surface area contributed by atoms with E-state index in [0.717, 1.165) is 24.3 Å². The Hall–Kier alpha value is -1.84. The van der Waals surface area contributed by atoms with Gasteiger partial charge in [0.1, 0.15) is 5.75 Å². The molecule has 0 bridgehead atoms. The lowest BCUT2D eigenvalue weighted by atomic mass is 10.0.